The standard InChI is InChI=1S/C16H20O5/c1-18-13-5-4-11-7-12(9-20-15(11)8-13)16(17)21-10-14-3-2-6-19-14/h4-5,8,12,14H,2-3,6-7,9-10H2,1H3/t12-,14-/m1/s1. The van der Waals surface area contributed by atoms with Crippen LogP contribution in [0.5, 0.6) is 11.5 Å². The molecular weight excluding hydrogens is 272 g/mol. The van der Waals surface area contributed by atoms with Crippen LogP contribution in [0.1, 0.15) is 18.4 Å². The van der Waals surface area contributed by atoms with Gasteiger partial charge < -0.3 is 18.9 Å². The molecule has 1 saturated heterocycles. The lowest BCUT2D eigenvalue weighted by Crippen LogP contribution is -2.31. The molecule has 114 valence electrons. The Morgan fingerprint density at radius 2 is 2.33 bits per heavy atom. The molecule has 21 heavy (non-hydrogen) atoms. The van der Waals surface area contributed by atoms with E-state index in [2.05, 4.69) is 0 Å². The number of hydrogen-bond donors (Lipinski definition) is 0. The van der Waals surface area contributed by atoms with Gasteiger partial charge in [0.05, 0.1) is 19.1 Å². The van der Waals surface area contributed by atoms with Crippen LogP contribution in [0.15, 0.2) is 18.2 Å². The molecule has 2 heterocycles. The molecule has 0 bridgehead atoms. The van der Waals surface area contributed by atoms with Crippen molar-refractivity contribution in [2.45, 2.75) is 25.4 Å². The minimum absolute atomic E-state index is 0.0648. The summed E-state index contributed by atoms with van der Waals surface area (Å²) in [5.41, 5.74) is 1.01. The van der Waals surface area contributed by atoms with Gasteiger partial charge in [0.15, 0.2) is 0 Å². The number of rotatable bonds is 4. The number of hydrogen-bond acceptors (Lipinski definition) is 5. The summed E-state index contributed by atoms with van der Waals surface area (Å²) in [6.45, 7) is 1.47. The number of esters is 1. The Balaban J connectivity index is 1.56. The van der Waals surface area contributed by atoms with Gasteiger partial charge >= 0.3 is 5.97 Å². The van der Waals surface area contributed by atoms with Gasteiger partial charge in [-0.3, -0.25) is 4.79 Å². The Morgan fingerprint density at radius 1 is 1.43 bits per heavy atom. The molecule has 0 unspecified atom stereocenters. The van der Waals surface area contributed by atoms with Crippen molar-refractivity contribution in [3.05, 3.63) is 23.8 Å². The minimum atomic E-state index is -0.243. The number of carbonyl (C=O) groups is 1. The molecular formula is C16H20O5. The van der Waals surface area contributed by atoms with Gasteiger partial charge in [0.2, 0.25) is 0 Å². The lowest BCUT2D eigenvalue weighted by atomic mass is 9.97. The summed E-state index contributed by atoms with van der Waals surface area (Å²) >= 11 is 0. The number of carbonyl (C=O) groups excluding carboxylic acids is 1. The van der Waals surface area contributed by atoms with Crippen LogP contribution in [0, 0.1) is 5.92 Å². The monoisotopic (exact) mass is 292 g/mol. The first-order chi connectivity index (χ1) is 10.3. The van der Waals surface area contributed by atoms with E-state index in [4.69, 9.17) is 18.9 Å². The number of methoxy groups -OCH3 is 1. The predicted octanol–water partition coefficient (Wildman–Crippen LogP) is 1.97. The Hall–Kier alpha value is -1.75. The van der Waals surface area contributed by atoms with E-state index in [1.54, 1.807) is 7.11 Å². The van der Waals surface area contributed by atoms with Crippen LogP contribution in [0.25, 0.3) is 0 Å². The molecule has 0 amide bonds. The molecule has 2 aliphatic rings. The summed E-state index contributed by atoms with van der Waals surface area (Å²) in [5.74, 6) is 1.10. The summed E-state index contributed by atoms with van der Waals surface area (Å²) < 4.78 is 21.6. The second kappa shape index (κ2) is 6.35. The van der Waals surface area contributed by atoms with Gasteiger partial charge in [-0.15, -0.1) is 0 Å². The van der Waals surface area contributed by atoms with Crippen molar-refractivity contribution >= 4 is 5.97 Å². The Morgan fingerprint density at radius 3 is 3.10 bits per heavy atom. The van der Waals surface area contributed by atoms with Crippen molar-refractivity contribution in [1.82, 2.24) is 0 Å². The average molecular weight is 292 g/mol. The largest absolute Gasteiger partial charge is 0.497 e. The molecule has 1 fully saturated rings. The molecule has 3 rings (SSSR count). The summed E-state index contributed by atoms with van der Waals surface area (Å²) in [6.07, 6.45) is 2.72. The smallest absolute Gasteiger partial charge is 0.312 e. The highest BCUT2D eigenvalue weighted by atomic mass is 16.6. The fourth-order valence-corrected chi connectivity index (χ4v) is 2.70. The molecule has 1 aromatic rings. The minimum Gasteiger partial charge on any atom is -0.497 e. The van der Waals surface area contributed by atoms with E-state index >= 15 is 0 Å². The van der Waals surface area contributed by atoms with Crippen molar-refractivity contribution in [1.29, 1.82) is 0 Å². The molecule has 0 saturated carbocycles. The topological polar surface area (TPSA) is 54.0 Å². The van der Waals surface area contributed by atoms with E-state index in [1.807, 2.05) is 18.2 Å². The molecule has 5 heteroatoms. The van der Waals surface area contributed by atoms with E-state index in [9.17, 15) is 4.79 Å². The highest BCUT2D eigenvalue weighted by Crippen LogP contribution is 2.31. The molecule has 2 atom stereocenters. The van der Waals surface area contributed by atoms with Crippen LogP contribution in [0.4, 0.5) is 0 Å². The average Bonchev–Trinajstić information content (AvgIpc) is 3.05. The molecule has 0 aliphatic carbocycles. The number of benzene rings is 1. The van der Waals surface area contributed by atoms with Gasteiger partial charge in [-0.25, -0.2) is 0 Å². The van der Waals surface area contributed by atoms with Crippen LogP contribution in [-0.4, -0.2) is 39.0 Å². The van der Waals surface area contributed by atoms with Gasteiger partial charge in [-0.2, -0.15) is 0 Å². The molecule has 0 N–H and O–H groups in total. The molecule has 2 aliphatic heterocycles. The summed E-state index contributed by atoms with van der Waals surface area (Å²) in [7, 11) is 1.62. The Bertz CT molecular complexity index is 507. The normalized spacial score (nSPS) is 24.0. The third-order valence-electron chi connectivity index (χ3n) is 3.95. The molecule has 0 spiro atoms. The first-order valence-electron chi connectivity index (χ1n) is 7.34. The Labute approximate surface area is 124 Å². The molecule has 1 aromatic carbocycles. The van der Waals surface area contributed by atoms with Crippen molar-refractivity contribution in [2.24, 2.45) is 5.92 Å². The highest BCUT2D eigenvalue weighted by Gasteiger charge is 2.28. The zero-order valence-corrected chi connectivity index (χ0v) is 12.2. The second-order valence-electron chi connectivity index (χ2n) is 5.45. The third-order valence-corrected chi connectivity index (χ3v) is 3.95. The quantitative estimate of drug-likeness (QED) is 0.794. The maximum atomic E-state index is 12.1. The first-order valence-corrected chi connectivity index (χ1v) is 7.34. The third kappa shape index (κ3) is 3.29. The van der Waals surface area contributed by atoms with Crippen LogP contribution >= 0.6 is 0 Å². The lowest BCUT2D eigenvalue weighted by Gasteiger charge is -2.24. The summed E-state index contributed by atoms with van der Waals surface area (Å²) in [6, 6.07) is 5.67. The number of fused-ring (bicyclic) bond motifs is 1. The zero-order valence-electron chi connectivity index (χ0n) is 12.2. The molecule has 5 nitrogen and oxygen atoms in total. The van der Waals surface area contributed by atoms with Gasteiger partial charge in [-0.05, 0) is 30.9 Å². The molecule has 0 aromatic heterocycles. The zero-order chi connectivity index (χ0) is 14.7. The van der Waals surface area contributed by atoms with Crippen molar-refractivity contribution < 1.29 is 23.7 Å². The summed E-state index contributed by atoms with van der Waals surface area (Å²) in [5, 5.41) is 0. The van der Waals surface area contributed by atoms with Gasteiger partial charge in [0, 0.05) is 12.7 Å². The van der Waals surface area contributed by atoms with Crippen LogP contribution < -0.4 is 9.47 Å². The van der Waals surface area contributed by atoms with Gasteiger partial charge in [-0.1, -0.05) is 6.07 Å². The SMILES string of the molecule is COc1ccc2c(c1)OC[C@H](C(=O)OC[C@H]1CCCO1)C2. The maximum Gasteiger partial charge on any atom is 0.312 e. The predicted molar refractivity (Wildman–Crippen MR) is 75.6 cm³/mol. The van der Waals surface area contributed by atoms with E-state index in [-0.39, 0.29) is 18.0 Å². The summed E-state index contributed by atoms with van der Waals surface area (Å²) in [4.78, 5) is 12.1. The van der Waals surface area contributed by atoms with Crippen molar-refractivity contribution in [3.63, 3.8) is 0 Å². The van der Waals surface area contributed by atoms with E-state index in [1.165, 1.54) is 0 Å². The lowest BCUT2D eigenvalue weighted by molar-refractivity contribution is -0.153. The highest BCUT2D eigenvalue weighted by molar-refractivity contribution is 5.73. The first kappa shape index (κ1) is 14.2. The Kier molecular flexibility index (Phi) is 4.29. The molecule has 0 radical (unpaired) electrons. The maximum absolute atomic E-state index is 12.1. The van der Waals surface area contributed by atoms with Crippen molar-refractivity contribution in [3.8, 4) is 11.5 Å². The van der Waals surface area contributed by atoms with E-state index in [0.29, 0.717) is 19.6 Å². The van der Waals surface area contributed by atoms with Gasteiger partial charge in [0.25, 0.3) is 0 Å². The van der Waals surface area contributed by atoms with Gasteiger partial charge in [0.1, 0.15) is 24.7 Å². The van der Waals surface area contributed by atoms with Crippen LogP contribution in [-0.2, 0) is 20.7 Å². The fraction of sp³-hybridized carbons (Fsp3) is 0.562. The van der Waals surface area contributed by atoms with Crippen molar-refractivity contribution in [2.75, 3.05) is 26.9 Å². The van der Waals surface area contributed by atoms with E-state index < -0.39 is 0 Å². The van der Waals surface area contributed by atoms with Crippen LogP contribution in [0.3, 0.4) is 0 Å². The second-order valence-corrected chi connectivity index (χ2v) is 5.45. The fourth-order valence-electron chi connectivity index (χ4n) is 2.70. The van der Waals surface area contributed by atoms with Crippen LogP contribution in [0.2, 0.25) is 0 Å². The van der Waals surface area contributed by atoms with E-state index in [0.717, 1.165) is 36.5 Å². The number of ether oxygens (including phenoxy) is 4.